The van der Waals surface area contributed by atoms with E-state index in [1.54, 1.807) is 0 Å². The van der Waals surface area contributed by atoms with Crippen molar-refractivity contribution >= 4 is 10.9 Å². The van der Waals surface area contributed by atoms with Gasteiger partial charge >= 0.3 is 0 Å². The molecule has 1 aromatic heterocycles. The predicted molar refractivity (Wildman–Crippen MR) is 118 cm³/mol. The van der Waals surface area contributed by atoms with Crippen LogP contribution in [0.4, 0.5) is 0 Å². The van der Waals surface area contributed by atoms with Gasteiger partial charge in [-0.25, -0.2) is 0 Å². The fourth-order valence-corrected chi connectivity index (χ4v) is 4.43. The van der Waals surface area contributed by atoms with Gasteiger partial charge in [-0.3, -0.25) is 0 Å². The summed E-state index contributed by atoms with van der Waals surface area (Å²) < 4.78 is 7.64. The Hall–Kier alpha value is -2.26. The zero-order valence-corrected chi connectivity index (χ0v) is 17.6. The molecule has 7 nitrogen and oxygen atoms in total. The van der Waals surface area contributed by atoms with Gasteiger partial charge in [0.25, 0.3) is 0 Å². The largest absolute Gasteiger partial charge is 0.394 e. The number of benzene rings is 2. The second-order valence-corrected chi connectivity index (χ2v) is 8.28. The molecule has 6 N–H and O–H groups in total. The number of hydrogen-bond acceptors (Lipinski definition) is 6. The minimum absolute atomic E-state index is 0.457. The minimum Gasteiger partial charge on any atom is -0.394 e. The summed E-state index contributed by atoms with van der Waals surface area (Å²) in [6.45, 7) is 2.14. The van der Waals surface area contributed by atoms with Crippen molar-refractivity contribution < 1.29 is 25.2 Å². The van der Waals surface area contributed by atoms with Crippen LogP contribution in [0.1, 0.15) is 28.5 Å². The molecule has 0 spiro atoms. The van der Waals surface area contributed by atoms with Crippen molar-refractivity contribution in [2.24, 2.45) is 5.73 Å². The van der Waals surface area contributed by atoms with Gasteiger partial charge in [0.05, 0.1) is 12.1 Å². The van der Waals surface area contributed by atoms with Gasteiger partial charge in [0.1, 0.15) is 24.4 Å². The van der Waals surface area contributed by atoms with Crippen LogP contribution >= 0.6 is 0 Å². The maximum atomic E-state index is 10.7. The van der Waals surface area contributed by atoms with E-state index >= 15 is 0 Å². The third kappa shape index (κ3) is 4.13. The zero-order valence-electron chi connectivity index (χ0n) is 17.6. The van der Waals surface area contributed by atoms with E-state index in [0.717, 1.165) is 34.0 Å². The van der Waals surface area contributed by atoms with E-state index in [1.165, 1.54) is 5.56 Å². The number of aromatic nitrogens is 1. The summed E-state index contributed by atoms with van der Waals surface area (Å²) in [4.78, 5) is 0. The number of hydrogen-bond donors (Lipinski definition) is 5. The van der Waals surface area contributed by atoms with Gasteiger partial charge in [0.2, 0.25) is 0 Å². The van der Waals surface area contributed by atoms with Gasteiger partial charge in [0, 0.05) is 11.6 Å². The first-order chi connectivity index (χ1) is 14.9. The first-order valence-corrected chi connectivity index (χ1v) is 10.6. The summed E-state index contributed by atoms with van der Waals surface area (Å²) in [5, 5.41) is 41.7. The molecule has 0 aliphatic carbocycles. The Labute approximate surface area is 181 Å². The topological polar surface area (TPSA) is 121 Å². The molecule has 31 heavy (non-hydrogen) atoms. The number of aliphatic hydroxyl groups is 4. The summed E-state index contributed by atoms with van der Waals surface area (Å²) in [6, 6.07) is 14.4. The normalized spacial score (nSPS) is 26.5. The van der Waals surface area contributed by atoms with Crippen molar-refractivity contribution in [1.29, 1.82) is 0 Å². The molecular formula is C24H30N2O5. The fraction of sp³-hybridized carbons (Fsp3) is 0.417. The second-order valence-electron chi connectivity index (χ2n) is 8.28. The summed E-state index contributed by atoms with van der Waals surface area (Å²) >= 11 is 0. The number of aliphatic hydroxyl groups excluding tert-OH is 4. The summed E-state index contributed by atoms with van der Waals surface area (Å²) in [7, 11) is 0. The van der Waals surface area contributed by atoms with E-state index in [2.05, 4.69) is 24.3 Å². The molecule has 0 radical (unpaired) electrons. The molecule has 5 atom stereocenters. The smallest absolute Gasteiger partial charge is 0.163 e. The van der Waals surface area contributed by atoms with Crippen LogP contribution in [0.5, 0.6) is 0 Å². The van der Waals surface area contributed by atoms with Crippen molar-refractivity contribution in [1.82, 2.24) is 4.57 Å². The summed E-state index contributed by atoms with van der Waals surface area (Å²) in [6.07, 6.45) is -2.57. The van der Waals surface area contributed by atoms with Crippen molar-refractivity contribution in [2.75, 3.05) is 13.2 Å². The molecule has 2 aromatic carbocycles. The van der Waals surface area contributed by atoms with E-state index in [0.29, 0.717) is 13.0 Å². The van der Waals surface area contributed by atoms with E-state index in [1.807, 2.05) is 35.9 Å². The standard InChI is InChI=1S/C24H30N2O5/c1-14-3-2-4-18-17(11-16-7-5-15(6-8-16)9-10-25)12-26(20(14)18)24-23(30)22(29)21(28)19(13-27)31-24/h2-8,12,19,21-24,27-30H,9-11,13,25H2,1H3/t19-,21-,22+,23-,24-/m1/s1. The summed E-state index contributed by atoms with van der Waals surface area (Å²) in [5.41, 5.74) is 10.9. The van der Waals surface area contributed by atoms with E-state index in [4.69, 9.17) is 10.5 Å². The van der Waals surface area contributed by atoms with Crippen LogP contribution < -0.4 is 5.73 Å². The van der Waals surface area contributed by atoms with Crippen LogP contribution in [0.15, 0.2) is 48.7 Å². The Bertz CT molecular complexity index is 1030. The fourth-order valence-electron chi connectivity index (χ4n) is 4.43. The number of ether oxygens (including phenoxy) is 1. The van der Waals surface area contributed by atoms with Crippen molar-refractivity contribution in [3.05, 3.63) is 70.9 Å². The summed E-state index contributed by atoms with van der Waals surface area (Å²) in [5.74, 6) is 0. The lowest BCUT2D eigenvalue weighted by Gasteiger charge is -2.40. The van der Waals surface area contributed by atoms with Crippen LogP contribution in [0, 0.1) is 6.92 Å². The van der Waals surface area contributed by atoms with Crippen molar-refractivity contribution in [3.8, 4) is 0 Å². The van der Waals surface area contributed by atoms with Crippen LogP contribution in [0.25, 0.3) is 10.9 Å². The first kappa shape index (κ1) is 22.0. The van der Waals surface area contributed by atoms with Gasteiger partial charge in [-0.05, 0) is 48.6 Å². The lowest BCUT2D eigenvalue weighted by atomic mass is 9.98. The lowest BCUT2D eigenvalue weighted by molar-refractivity contribution is -0.250. The molecule has 2 heterocycles. The molecule has 1 saturated heterocycles. The van der Waals surface area contributed by atoms with Crippen molar-refractivity contribution in [2.45, 2.75) is 50.4 Å². The van der Waals surface area contributed by atoms with E-state index < -0.39 is 37.3 Å². The second kappa shape index (κ2) is 9.08. The molecule has 4 rings (SSSR count). The van der Waals surface area contributed by atoms with E-state index in [-0.39, 0.29) is 0 Å². The van der Waals surface area contributed by atoms with Crippen LogP contribution in [0.2, 0.25) is 0 Å². The highest BCUT2D eigenvalue weighted by molar-refractivity contribution is 5.87. The van der Waals surface area contributed by atoms with Gasteiger partial charge in [-0.1, -0.05) is 42.5 Å². The van der Waals surface area contributed by atoms with Gasteiger partial charge in [-0.2, -0.15) is 0 Å². The molecule has 0 amide bonds. The zero-order chi connectivity index (χ0) is 22.1. The average molecular weight is 427 g/mol. The Morgan fingerprint density at radius 3 is 2.35 bits per heavy atom. The van der Waals surface area contributed by atoms with Gasteiger partial charge in [0.15, 0.2) is 6.23 Å². The number of para-hydroxylation sites is 1. The van der Waals surface area contributed by atoms with Gasteiger partial charge < -0.3 is 35.5 Å². The Kier molecular flexibility index (Phi) is 6.43. The van der Waals surface area contributed by atoms with Crippen LogP contribution in [0.3, 0.4) is 0 Å². The molecule has 7 heteroatoms. The predicted octanol–water partition coefficient (Wildman–Crippen LogP) is 1.01. The maximum absolute atomic E-state index is 10.7. The number of fused-ring (bicyclic) bond motifs is 1. The average Bonchev–Trinajstić information content (AvgIpc) is 3.13. The highest BCUT2D eigenvalue weighted by Gasteiger charge is 2.44. The first-order valence-electron chi connectivity index (χ1n) is 10.6. The van der Waals surface area contributed by atoms with Crippen molar-refractivity contribution in [3.63, 3.8) is 0 Å². The number of aryl methyl sites for hydroxylation is 1. The maximum Gasteiger partial charge on any atom is 0.163 e. The molecule has 3 aromatic rings. The Morgan fingerprint density at radius 2 is 1.68 bits per heavy atom. The quantitative estimate of drug-likeness (QED) is 0.401. The Balaban J connectivity index is 1.73. The molecule has 1 aliphatic rings. The van der Waals surface area contributed by atoms with Gasteiger partial charge in [-0.15, -0.1) is 0 Å². The SMILES string of the molecule is Cc1cccc2c(Cc3ccc(CCN)cc3)cn([C@@H]3O[C@H](CO)[C@@H](O)[C@H](O)[C@H]3O)c12. The third-order valence-electron chi connectivity index (χ3n) is 6.13. The third-order valence-corrected chi connectivity index (χ3v) is 6.13. The number of rotatable bonds is 6. The van der Waals surface area contributed by atoms with Crippen LogP contribution in [-0.4, -0.2) is 62.6 Å². The molecule has 1 fully saturated rings. The highest BCUT2D eigenvalue weighted by atomic mass is 16.6. The molecular weight excluding hydrogens is 396 g/mol. The molecule has 0 saturated carbocycles. The molecule has 1 aliphatic heterocycles. The lowest BCUT2D eigenvalue weighted by Crippen LogP contribution is -2.56. The van der Waals surface area contributed by atoms with Crippen LogP contribution in [-0.2, 0) is 17.6 Å². The molecule has 166 valence electrons. The molecule has 0 bridgehead atoms. The highest BCUT2D eigenvalue weighted by Crippen LogP contribution is 2.35. The van der Waals surface area contributed by atoms with E-state index in [9.17, 15) is 20.4 Å². The molecule has 0 unspecified atom stereocenters. The monoisotopic (exact) mass is 426 g/mol. The Morgan fingerprint density at radius 1 is 0.968 bits per heavy atom. The minimum atomic E-state index is -1.42. The number of nitrogens with zero attached hydrogens (tertiary/aromatic N) is 1. The number of nitrogens with two attached hydrogens (primary N) is 1.